The number of nitrogens with zero attached hydrogens (tertiary/aromatic N) is 1. The van der Waals surface area contributed by atoms with Crippen molar-refractivity contribution in [2.45, 2.75) is 19.4 Å². The van der Waals surface area contributed by atoms with Gasteiger partial charge in [-0.15, -0.1) is 0 Å². The van der Waals surface area contributed by atoms with Gasteiger partial charge in [0.15, 0.2) is 0 Å². The number of carbonyl (C=O) groups excluding carboxylic acids is 2. The van der Waals surface area contributed by atoms with Crippen LogP contribution in [0.4, 0.5) is 4.39 Å². The minimum atomic E-state index is -0.338. The summed E-state index contributed by atoms with van der Waals surface area (Å²) in [6.07, 6.45) is 1.45. The molecule has 5 nitrogen and oxygen atoms in total. The fraction of sp³-hybridized carbons (Fsp3) is 0.280. The Balaban J connectivity index is 1.47. The molecule has 2 amide bonds. The third-order valence-electron chi connectivity index (χ3n) is 5.82. The zero-order valence-corrected chi connectivity index (χ0v) is 17.4. The lowest BCUT2D eigenvalue weighted by atomic mass is 9.95. The first-order valence-electron chi connectivity index (χ1n) is 10.4. The predicted octanol–water partition coefficient (Wildman–Crippen LogP) is 4.16. The largest absolute Gasteiger partial charge is 0.496 e. The second-order valence-corrected chi connectivity index (χ2v) is 7.76. The summed E-state index contributed by atoms with van der Waals surface area (Å²) < 4.78 is 19.2. The summed E-state index contributed by atoms with van der Waals surface area (Å²) in [6, 6.07) is 17.6. The number of fused-ring (bicyclic) bond motifs is 1. The average Bonchev–Trinajstić information content (AvgIpc) is 2.82. The SMILES string of the molecule is COc1ccc(C(=O)N2CCC[C@@H](C(=O)NCc3ccccc3F)C2)c2ccccc12. The number of nitrogens with one attached hydrogen (secondary N) is 1. The molecule has 1 N–H and O–H groups in total. The maximum absolute atomic E-state index is 13.8. The molecule has 6 heteroatoms. The van der Waals surface area contributed by atoms with Crippen molar-refractivity contribution < 1.29 is 18.7 Å². The standard InChI is InChI=1S/C25H25FN2O3/c1-31-23-13-12-21(19-9-3-4-10-20(19)23)25(30)28-14-6-8-18(16-28)24(29)27-15-17-7-2-5-11-22(17)26/h2-5,7,9-13,18H,6,8,14-16H2,1H3,(H,27,29)/t18-/m1/s1. The van der Waals surface area contributed by atoms with Gasteiger partial charge >= 0.3 is 0 Å². The number of methoxy groups -OCH3 is 1. The lowest BCUT2D eigenvalue weighted by molar-refractivity contribution is -0.126. The zero-order chi connectivity index (χ0) is 21.8. The number of carbonyl (C=O) groups is 2. The topological polar surface area (TPSA) is 58.6 Å². The normalized spacial score (nSPS) is 16.2. The van der Waals surface area contributed by atoms with Gasteiger partial charge in [-0.25, -0.2) is 4.39 Å². The second kappa shape index (κ2) is 9.16. The van der Waals surface area contributed by atoms with Crippen LogP contribution in [0.1, 0.15) is 28.8 Å². The van der Waals surface area contributed by atoms with Crippen LogP contribution in [0, 0.1) is 11.7 Å². The van der Waals surface area contributed by atoms with Gasteiger partial charge in [0.2, 0.25) is 5.91 Å². The van der Waals surface area contributed by atoms with Gasteiger partial charge in [-0.1, -0.05) is 42.5 Å². The van der Waals surface area contributed by atoms with Crippen molar-refractivity contribution in [3.8, 4) is 5.75 Å². The molecule has 31 heavy (non-hydrogen) atoms. The Bertz CT molecular complexity index is 1110. The van der Waals surface area contributed by atoms with Gasteiger partial charge in [0.25, 0.3) is 5.91 Å². The van der Waals surface area contributed by atoms with Crippen LogP contribution in [0.2, 0.25) is 0 Å². The van der Waals surface area contributed by atoms with Gasteiger partial charge < -0.3 is 15.0 Å². The van der Waals surface area contributed by atoms with Gasteiger partial charge in [0, 0.05) is 36.1 Å². The quantitative estimate of drug-likeness (QED) is 0.674. The second-order valence-electron chi connectivity index (χ2n) is 7.76. The Hall–Kier alpha value is -3.41. The van der Waals surface area contributed by atoms with Crippen LogP contribution >= 0.6 is 0 Å². The molecule has 0 spiro atoms. The third-order valence-corrected chi connectivity index (χ3v) is 5.82. The van der Waals surface area contributed by atoms with E-state index in [4.69, 9.17) is 4.74 Å². The van der Waals surface area contributed by atoms with E-state index in [2.05, 4.69) is 5.32 Å². The van der Waals surface area contributed by atoms with Crippen LogP contribution in [0.15, 0.2) is 60.7 Å². The summed E-state index contributed by atoms with van der Waals surface area (Å²) in [6.45, 7) is 1.09. The van der Waals surface area contributed by atoms with E-state index in [9.17, 15) is 14.0 Å². The molecular weight excluding hydrogens is 395 g/mol. The summed E-state index contributed by atoms with van der Waals surface area (Å²) in [5.41, 5.74) is 1.05. The summed E-state index contributed by atoms with van der Waals surface area (Å²) >= 11 is 0. The molecule has 0 unspecified atom stereocenters. The minimum absolute atomic E-state index is 0.0922. The van der Waals surface area contributed by atoms with E-state index < -0.39 is 0 Å². The average molecular weight is 420 g/mol. The smallest absolute Gasteiger partial charge is 0.254 e. The van der Waals surface area contributed by atoms with Crippen molar-refractivity contribution in [1.82, 2.24) is 10.2 Å². The maximum atomic E-state index is 13.8. The molecule has 1 aliphatic heterocycles. The molecule has 0 aromatic heterocycles. The van der Waals surface area contributed by atoms with E-state index in [0.717, 1.165) is 22.9 Å². The molecule has 1 heterocycles. The summed E-state index contributed by atoms with van der Waals surface area (Å²) in [4.78, 5) is 27.7. The number of benzene rings is 3. The Morgan fingerprint density at radius 2 is 1.81 bits per heavy atom. The van der Waals surface area contributed by atoms with Crippen LogP contribution in [0.25, 0.3) is 10.8 Å². The third kappa shape index (κ3) is 4.38. The number of amides is 2. The molecule has 0 bridgehead atoms. The van der Waals surface area contributed by atoms with Crippen LogP contribution < -0.4 is 10.1 Å². The summed E-state index contributed by atoms with van der Waals surface area (Å²) in [7, 11) is 1.61. The highest BCUT2D eigenvalue weighted by Crippen LogP contribution is 2.30. The fourth-order valence-electron chi connectivity index (χ4n) is 4.15. The Kier molecular flexibility index (Phi) is 6.16. The van der Waals surface area contributed by atoms with E-state index in [1.54, 1.807) is 42.3 Å². The van der Waals surface area contributed by atoms with Gasteiger partial charge in [0.05, 0.1) is 13.0 Å². The van der Waals surface area contributed by atoms with E-state index in [0.29, 0.717) is 30.6 Å². The molecule has 1 atom stereocenters. The highest BCUT2D eigenvalue weighted by atomic mass is 19.1. The van der Waals surface area contributed by atoms with E-state index in [1.807, 2.05) is 24.3 Å². The lowest BCUT2D eigenvalue weighted by Crippen LogP contribution is -2.45. The molecule has 0 radical (unpaired) electrons. The minimum Gasteiger partial charge on any atom is -0.496 e. The zero-order valence-electron chi connectivity index (χ0n) is 17.4. The number of ether oxygens (including phenoxy) is 1. The van der Waals surface area contributed by atoms with E-state index in [1.165, 1.54) is 6.07 Å². The Labute approximate surface area is 180 Å². The number of piperidine rings is 1. The van der Waals surface area contributed by atoms with Gasteiger partial charge in [-0.2, -0.15) is 0 Å². The molecule has 1 aliphatic rings. The molecule has 3 aromatic rings. The number of hydrogen-bond donors (Lipinski definition) is 1. The maximum Gasteiger partial charge on any atom is 0.254 e. The number of rotatable bonds is 5. The molecule has 4 rings (SSSR count). The first kappa shape index (κ1) is 20.8. The van der Waals surface area contributed by atoms with Crippen molar-refractivity contribution in [3.63, 3.8) is 0 Å². The van der Waals surface area contributed by atoms with Gasteiger partial charge in [0.1, 0.15) is 11.6 Å². The van der Waals surface area contributed by atoms with Crippen molar-refractivity contribution in [2.24, 2.45) is 5.92 Å². The molecule has 0 saturated carbocycles. The van der Waals surface area contributed by atoms with Crippen molar-refractivity contribution >= 4 is 22.6 Å². The molecule has 3 aromatic carbocycles. The summed E-state index contributed by atoms with van der Waals surface area (Å²) in [5, 5.41) is 4.53. The van der Waals surface area contributed by atoms with Crippen LogP contribution in [0.5, 0.6) is 5.75 Å². The highest BCUT2D eigenvalue weighted by molar-refractivity contribution is 6.08. The van der Waals surface area contributed by atoms with E-state index >= 15 is 0 Å². The predicted molar refractivity (Wildman–Crippen MR) is 117 cm³/mol. The highest BCUT2D eigenvalue weighted by Gasteiger charge is 2.29. The van der Waals surface area contributed by atoms with Crippen molar-refractivity contribution in [2.75, 3.05) is 20.2 Å². The number of hydrogen-bond acceptors (Lipinski definition) is 3. The first-order chi connectivity index (χ1) is 15.1. The molecular formula is C25H25FN2O3. The monoisotopic (exact) mass is 420 g/mol. The molecule has 1 fully saturated rings. The van der Waals surface area contributed by atoms with Crippen molar-refractivity contribution in [3.05, 3.63) is 77.6 Å². The Morgan fingerprint density at radius 3 is 2.58 bits per heavy atom. The van der Waals surface area contributed by atoms with E-state index in [-0.39, 0.29) is 30.1 Å². The lowest BCUT2D eigenvalue weighted by Gasteiger charge is -2.32. The number of likely N-dealkylation sites (tertiary alicyclic amines) is 1. The number of halogens is 1. The van der Waals surface area contributed by atoms with Crippen molar-refractivity contribution in [1.29, 1.82) is 0 Å². The molecule has 1 saturated heterocycles. The van der Waals surface area contributed by atoms with Crippen LogP contribution in [0.3, 0.4) is 0 Å². The fourth-order valence-corrected chi connectivity index (χ4v) is 4.15. The van der Waals surface area contributed by atoms with Crippen LogP contribution in [-0.4, -0.2) is 36.9 Å². The molecule has 160 valence electrons. The van der Waals surface area contributed by atoms with Gasteiger partial charge in [-0.3, -0.25) is 9.59 Å². The summed E-state index contributed by atoms with van der Waals surface area (Å²) in [5.74, 6) is -0.175. The molecule has 0 aliphatic carbocycles. The van der Waals surface area contributed by atoms with Gasteiger partial charge in [-0.05, 0) is 36.4 Å². The van der Waals surface area contributed by atoms with Crippen LogP contribution in [-0.2, 0) is 11.3 Å². The Morgan fingerprint density at radius 1 is 1.06 bits per heavy atom. The first-order valence-corrected chi connectivity index (χ1v) is 10.4.